The number of aliphatic hydroxyl groups excluding tert-OH is 1. The number of ether oxygens (including phenoxy) is 3. The van der Waals surface area contributed by atoms with E-state index in [9.17, 15) is 9.90 Å². The van der Waals surface area contributed by atoms with Crippen LogP contribution in [0, 0.1) is 0 Å². The summed E-state index contributed by atoms with van der Waals surface area (Å²) in [6, 6.07) is 13.6. The number of fused-ring (bicyclic) bond motifs is 1. The number of carbonyl (C=O) groups is 1. The first-order chi connectivity index (χ1) is 15.1. The molecule has 1 N–H and O–H groups in total. The average Bonchev–Trinajstić information content (AvgIpc) is 3.63. The van der Waals surface area contributed by atoms with Crippen molar-refractivity contribution in [1.29, 1.82) is 0 Å². The Bertz CT molecular complexity index is 897. The van der Waals surface area contributed by atoms with E-state index in [4.69, 9.17) is 14.2 Å². The molecule has 0 aromatic heterocycles. The third-order valence-corrected chi connectivity index (χ3v) is 5.80. The van der Waals surface area contributed by atoms with Crippen molar-refractivity contribution in [3.8, 4) is 17.2 Å². The first-order valence-electron chi connectivity index (χ1n) is 10.7. The topological polar surface area (TPSA) is 71.5 Å². The van der Waals surface area contributed by atoms with Gasteiger partial charge in [-0.25, -0.2) is 0 Å². The van der Waals surface area contributed by atoms with Crippen LogP contribution in [0.4, 0.5) is 5.69 Å². The third kappa shape index (κ3) is 5.22. The molecule has 0 saturated heterocycles. The summed E-state index contributed by atoms with van der Waals surface area (Å²) >= 11 is 0. The van der Waals surface area contributed by atoms with Crippen molar-refractivity contribution in [3.63, 3.8) is 0 Å². The van der Waals surface area contributed by atoms with E-state index in [0.29, 0.717) is 37.8 Å². The van der Waals surface area contributed by atoms with Crippen molar-refractivity contribution in [3.05, 3.63) is 48.0 Å². The van der Waals surface area contributed by atoms with Gasteiger partial charge in [-0.05, 0) is 60.9 Å². The molecule has 0 radical (unpaired) electrons. The fourth-order valence-electron chi connectivity index (χ4n) is 3.97. The minimum Gasteiger partial charge on any atom is -0.497 e. The monoisotopic (exact) mass is 426 g/mol. The summed E-state index contributed by atoms with van der Waals surface area (Å²) in [5, 5.41) is 10.7. The van der Waals surface area contributed by atoms with Crippen molar-refractivity contribution in [2.45, 2.75) is 38.0 Å². The summed E-state index contributed by atoms with van der Waals surface area (Å²) in [5.74, 6) is 2.37. The molecule has 31 heavy (non-hydrogen) atoms. The Kier molecular flexibility index (Phi) is 6.51. The van der Waals surface area contributed by atoms with Gasteiger partial charge in [0.1, 0.15) is 30.0 Å². The molecule has 2 aliphatic rings. The molecular formula is C24H30N2O5. The van der Waals surface area contributed by atoms with Crippen molar-refractivity contribution in [1.82, 2.24) is 4.90 Å². The molecule has 7 nitrogen and oxygen atoms in total. The summed E-state index contributed by atoms with van der Waals surface area (Å²) in [6.07, 6.45) is 1.89. The Morgan fingerprint density at radius 1 is 1.03 bits per heavy atom. The van der Waals surface area contributed by atoms with Crippen molar-refractivity contribution in [2.75, 3.05) is 38.8 Å². The quantitative estimate of drug-likeness (QED) is 0.700. The summed E-state index contributed by atoms with van der Waals surface area (Å²) in [6.45, 7) is 1.68. The molecule has 2 aromatic rings. The van der Waals surface area contributed by atoms with Crippen LogP contribution in [0.25, 0.3) is 0 Å². The molecule has 1 unspecified atom stereocenters. The molecule has 7 heteroatoms. The molecule has 0 spiro atoms. The van der Waals surface area contributed by atoms with Crippen LogP contribution in [0.1, 0.15) is 24.8 Å². The molecule has 1 heterocycles. The second-order valence-electron chi connectivity index (χ2n) is 8.08. The molecular weight excluding hydrogens is 396 g/mol. The summed E-state index contributed by atoms with van der Waals surface area (Å²) in [4.78, 5) is 16.9. The van der Waals surface area contributed by atoms with Gasteiger partial charge in [-0.15, -0.1) is 0 Å². The van der Waals surface area contributed by atoms with Gasteiger partial charge in [-0.2, -0.15) is 0 Å². The largest absolute Gasteiger partial charge is 0.497 e. The number of amides is 1. The second-order valence-corrected chi connectivity index (χ2v) is 8.08. The Labute approximate surface area is 183 Å². The highest BCUT2D eigenvalue weighted by Crippen LogP contribution is 2.34. The summed E-state index contributed by atoms with van der Waals surface area (Å²) < 4.78 is 16.3. The van der Waals surface area contributed by atoms with Gasteiger partial charge in [0.15, 0.2) is 0 Å². The zero-order valence-corrected chi connectivity index (χ0v) is 18.1. The maximum Gasteiger partial charge on any atom is 0.224 e. The molecule has 2 aromatic carbocycles. The Hall–Kier alpha value is -2.93. The zero-order valence-electron chi connectivity index (χ0n) is 18.1. The predicted molar refractivity (Wildman–Crippen MR) is 118 cm³/mol. The summed E-state index contributed by atoms with van der Waals surface area (Å²) in [7, 11) is 3.26. The van der Waals surface area contributed by atoms with Crippen LogP contribution in [0.3, 0.4) is 0 Å². The van der Waals surface area contributed by atoms with Crippen molar-refractivity contribution in [2.24, 2.45) is 0 Å². The van der Waals surface area contributed by atoms with E-state index in [2.05, 4.69) is 4.90 Å². The van der Waals surface area contributed by atoms with E-state index in [1.165, 1.54) is 0 Å². The van der Waals surface area contributed by atoms with Crippen LogP contribution in [0.2, 0.25) is 0 Å². The number of methoxy groups -OCH3 is 2. The standard InChI is InChI=1S/C24H30N2O5/c1-29-20-5-7-21(8-6-20)31-16-19(27)15-25-12-11-24(28)26(18-3-4-18)14-17-13-22(30-2)9-10-23(17)25/h5-10,13,18-19,27H,3-4,11-12,14-16H2,1-2H3. The minimum atomic E-state index is -0.703. The van der Waals surface area contributed by atoms with E-state index >= 15 is 0 Å². The lowest BCUT2D eigenvalue weighted by molar-refractivity contribution is -0.132. The lowest BCUT2D eigenvalue weighted by atomic mass is 10.1. The van der Waals surface area contributed by atoms with Crippen LogP contribution in [-0.2, 0) is 11.3 Å². The van der Waals surface area contributed by atoms with Crippen molar-refractivity contribution >= 4 is 11.6 Å². The molecule has 1 amide bonds. The van der Waals surface area contributed by atoms with E-state index < -0.39 is 6.10 Å². The number of aliphatic hydroxyl groups is 1. The van der Waals surface area contributed by atoms with E-state index in [1.807, 2.05) is 47.4 Å². The van der Waals surface area contributed by atoms with Gasteiger partial charge in [-0.1, -0.05) is 0 Å². The summed E-state index contributed by atoms with van der Waals surface area (Å²) in [5.41, 5.74) is 2.07. The van der Waals surface area contributed by atoms with Gasteiger partial charge < -0.3 is 29.1 Å². The molecule has 1 saturated carbocycles. The van der Waals surface area contributed by atoms with Crippen LogP contribution in [-0.4, -0.2) is 62.0 Å². The number of rotatable bonds is 8. The van der Waals surface area contributed by atoms with Gasteiger partial charge in [0.05, 0.1) is 14.2 Å². The van der Waals surface area contributed by atoms with Gasteiger partial charge in [0, 0.05) is 37.8 Å². The van der Waals surface area contributed by atoms with Crippen LogP contribution >= 0.6 is 0 Å². The van der Waals surface area contributed by atoms with Gasteiger partial charge >= 0.3 is 0 Å². The highest BCUT2D eigenvalue weighted by Gasteiger charge is 2.34. The molecule has 1 fully saturated rings. The molecule has 4 rings (SSSR count). The van der Waals surface area contributed by atoms with Crippen LogP contribution < -0.4 is 19.1 Å². The minimum absolute atomic E-state index is 0.163. The van der Waals surface area contributed by atoms with Crippen molar-refractivity contribution < 1.29 is 24.1 Å². The highest BCUT2D eigenvalue weighted by molar-refractivity contribution is 5.79. The Morgan fingerprint density at radius 2 is 1.71 bits per heavy atom. The van der Waals surface area contributed by atoms with E-state index in [-0.39, 0.29) is 12.5 Å². The first kappa shape index (κ1) is 21.3. The number of β-amino-alcohol motifs (C(OH)–C–C–N with tert-alkyl or cyclic N) is 1. The lowest BCUT2D eigenvalue weighted by Crippen LogP contribution is -2.42. The molecule has 1 atom stereocenters. The second kappa shape index (κ2) is 9.47. The fourth-order valence-corrected chi connectivity index (χ4v) is 3.97. The fraction of sp³-hybridized carbons (Fsp3) is 0.458. The van der Waals surface area contributed by atoms with Crippen LogP contribution in [0.15, 0.2) is 42.5 Å². The Morgan fingerprint density at radius 3 is 2.39 bits per heavy atom. The number of benzene rings is 2. The predicted octanol–water partition coefficient (Wildman–Crippen LogP) is 2.84. The van der Waals surface area contributed by atoms with Gasteiger partial charge in [-0.3, -0.25) is 4.79 Å². The van der Waals surface area contributed by atoms with E-state index in [0.717, 1.165) is 35.6 Å². The highest BCUT2D eigenvalue weighted by atomic mass is 16.5. The van der Waals surface area contributed by atoms with E-state index in [1.54, 1.807) is 14.2 Å². The lowest BCUT2D eigenvalue weighted by Gasteiger charge is -2.34. The number of hydrogen-bond donors (Lipinski definition) is 1. The third-order valence-electron chi connectivity index (χ3n) is 5.80. The molecule has 0 bridgehead atoms. The average molecular weight is 427 g/mol. The van der Waals surface area contributed by atoms with Gasteiger partial charge in [0.2, 0.25) is 5.91 Å². The number of hydrogen-bond acceptors (Lipinski definition) is 6. The number of nitrogens with zero attached hydrogens (tertiary/aromatic N) is 2. The number of anilines is 1. The molecule has 1 aliphatic heterocycles. The zero-order chi connectivity index (χ0) is 21.8. The van der Waals surface area contributed by atoms with Gasteiger partial charge in [0.25, 0.3) is 0 Å². The SMILES string of the molecule is COc1ccc(OCC(O)CN2CCC(=O)N(C3CC3)Cc3cc(OC)ccc32)cc1. The number of carbonyl (C=O) groups excluding carboxylic acids is 1. The maximum atomic E-state index is 12.8. The molecule has 1 aliphatic carbocycles. The first-order valence-corrected chi connectivity index (χ1v) is 10.7. The Balaban J connectivity index is 1.46. The normalized spacial score (nSPS) is 17.5. The molecule has 166 valence electrons. The maximum absolute atomic E-state index is 12.8. The van der Waals surface area contributed by atoms with Crippen LogP contribution in [0.5, 0.6) is 17.2 Å². The smallest absolute Gasteiger partial charge is 0.224 e.